The van der Waals surface area contributed by atoms with Crippen LogP contribution in [0, 0.1) is 5.82 Å². The summed E-state index contributed by atoms with van der Waals surface area (Å²) in [6, 6.07) is 5.01. The third-order valence-electron chi connectivity index (χ3n) is 2.73. The van der Waals surface area contributed by atoms with Crippen molar-refractivity contribution in [3.8, 4) is 0 Å². The molecule has 19 heavy (non-hydrogen) atoms. The van der Waals surface area contributed by atoms with Gasteiger partial charge in [0.05, 0.1) is 9.90 Å². The Hall–Kier alpha value is -1.73. The fourth-order valence-corrected chi connectivity index (χ4v) is 3.99. The molecule has 0 saturated carbocycles. The standard InChI is InChI=1S/C12H6FNO3S2/c13-6-3-1-5(2-4-6)8(15)7-9-10(19-11(7)16)14-12(17)18-9/h1-4,7H,(H,14,17). The molecular formula is C12H6FNO3S2. The van der Waals surface area contributed by atoms with Crippen LogP contribution in [0.1, 0.15) is 21.2 Å². The molecule has 4 nitrogen and oxygen atoms in total. The number of halogens is 1. The van der Waals surface area contributed by atoms with E-state index in [9.17, 15) is 18.8 Å². The lowest BCUT2D eigenvalue weighted by Gasteiger charge is -2.06. The van der Waals surface area contributed by atoms with Crippen LogP contribution in [-0.4, -0.2) is 15.9 Å². The minimum Gasteiger partial charge on any atom is -0.307 e. The highest BCUT2D eigenvalue weighted by Gasteiger charge is 2.40. The summed E-state index contributed by atoms with van der Waals surface area (Å²) in [5.41, 5.74) is 0.258. The molecule has 0 fully saturated rings. The van der Waals surface area contributed by atoms with Crippen LogP contribution in [0.4, 0.5) is 4.39 Å². The van der Waals surface area contributed by atoms with Gasteiger partial charge in [0.1, 0.15) is 11.7 Å². The molecule has 1 aromatic heterocycles. The molecule has 3 rings (SSSR count). The van der Waals surface area contributed by atoms with Crippen molar-refractivity contribution in [3.05, 3.63) is 50.2 Å². The van der Waals surface area contributed by atoms with Crippen LogP contribution in [0.25, 0.3) is 0 Å². The number of thiazole rings is 1. The third kappa shape index (κ3) is 2.04. The molecule has 2 aromatic rings. The Balaban J connectivity index is 2.02. The molecule has 1 atom stereocenters. The van der Waals surface area contributed by atoms with Crippen molar-refractivity contribution in [2.24, 2.45) is 0 Å². The number of ketones is 1. The van der Waals surface area contributed by atoms with Gasteiger partial charge >= 0.3 is 4.87 Å². The molecule has 2 heterocycles. The number of rotatable bonds is 2. The van der Waals surface area contributed by atoms with E-state index in [-0.39, 0.29) is 15.6 Å². The second kappa shape index (κ2) is 4.43. The van der Waals surface area contributed by atoms with E-state index >= 15 is 0 Å². The van der Waals surface area contributed by atoms with Crippen molar-refractivity contribution in [3.63, 3.8) is 0 Å². The summed E-state index contributed by atoms with van der Waals surface area (Å²) in [4.78, 5) is 38.0. The van der Waals surface area contributed by atoms with Gasteiger partial charge in [0, 0.05) is 5.56 Å². The number of hydrogen-bond acceptors (Lipinski definition) is 5. The number of nitrogens with one attached hydrogen (secondary N) is 1. The minimum atomic E-state index is -0.964. The first-order valence-corrected chi connectivity index (χ1v) is 6.94. The van der Waals surface area contributed by atoms with Gasteiger partial charge in [-0.15, -0.1) is 0 Å². The van der Waals surface area contributed by atoms with Gasteiger partial charge in [-0.2, -0.15) is 0 Å². The Morgan fingerprint density at radius 3 is 2.58 bits per heavy atom. The topological polar surface area (TPSA) is 67.0 Å². The smallest absolute Gasteiger partial charge is 0.305 e. The Morgan fingerprint density at radius 2 is 1.89 bits per heavy atom. The van der Waals surface area contributed by atoms with E-state index in [0.717, 1.165) is 23.1 Å². The van der Waals surface area contributed by atoms with E-state index < -0.39 is 17.5 Å². The largest absolute Gasteiger partial charge is 0.307 e. The molecule has 1 aromatic carbocycles. The van der Waals surface area contributed by atoms with Crippen LogP contribution in [0.5, 0.6) is 0 Å². The molecule has 0 aliphatic carbocycles. The molecule has 0 amide bonds. The monoisotopic (exact) mass is 295 g/mol. The number of Topliss-reactive ketones (excluding diaryl/α,β-unsaturated/α-hetero) is 1. The van der Waals surface area contributed by atoms with Crippen LogP contribution >= 0.6 is 23.1 Å². The minimum absolute atomic E-state index is 0.258. The molecular weight excluding hydrogens is 289 g/mol. The molecule has 1 unspecified atom stereocenters. The van der Waals surface area contributed by atoms with Gasteiger partial charge in [0.2, 0.25) is 5.12 Å². The lowest BCUT2D eigenvalue weighted by molar-refractivity contribution is -0.111. The zero-order valence-electron chi connectivity index (χ0n) is 9.31. The number of thioether (sulfide) groups is 1. The second-order valence-corrected chi connectivity index (χ2v) is 5.96. The number of H-pyrrole nitrogens is 1. The van der Waals surface area contributed by atoms with Crippen molar-refractivity contribution in [1.82, 2.24) is 4.98 Å². The fraction of sp³-hybridized carbons (Fsp3) is 0.0833. The molecule has 1 aliphatic rings. The fourth-order valence-electron chi connectivity index (χ4n) is 1.87. The van der Waals surface area contributed by atoms with Gasteiger partial charge in [-0.1, -0.05) is 11.3 Å². The first-order valence-electron chi connectivity index (χ1n) is 5.31. The van der Waals surface area contributed by atoms with Gasteiger partial charge < -0.3 is 4.98 Å². The lowest BCUT2D eigenvalue weighted by Crippen LogP contribution is -2.16. The predicted molar refractivity (Wildman–Crippen MR) is 69.3 cm³/mol. The van der Waals surface area contributed by atoms with Gasteiger partial charge in [-0.3, -0.25) is 14.4 Å². The van der Waals surface area contributed by atoms with Crippen LogP contribution in [-0.2, 0) is 4.79 Å². The number of hydrogen-bond donors (Lipinski definition) is 1. The molecule has 0 spiro atoms. The summed E-state index contributed by atoms with van der Waals surface area (Å²) in [5.74, 6) is -1.82. The molecule has 0 radical (unpaired) electrons. The number of aromatic nitrogens is 1. The summed E-state index contributed by atoms with van der Waals surface area (Å²) in [7, 11) is 0. The SMILES string of the molecule is O=C1Sc2[nH]c(=O)sc2C1C(=O)c1ccc(F)cc1. The van der Waals surface area contributed by atoms with Crippen LogP contribution in [0.2, 0.25) is 0 Å². The average Bonchev–Trinajstić information content (AvgIpc) is 2.84. The molecule has 1 aliphatic heterocycles. The highest BCUT2D eigenvalue weighted by Crippen LogP contribution is 2.42. The Morgan fingerprint density at radius 1 is 1.21 bits per heavy atom. The van der Waals surface area contributed by atoms with Crippen molar-refractivity contribution in [2.75, 3.05) is 0 Å². The summed E-state index contributed by atoms with van der Waals surface area (Å²) in [6.45, 7) is 0. The van der Waals surface area contributed by atoms with E-state index in [1.807, 2.05) is 0 Å². The molecule has 0 bridgehead atoms. The van der Waals surface area contributed by atoms with Crippen LogP contribution < -0.4 is 4.87 Å². The van der Waals surface area contributed by atoms with E-state index in [1.54, 1.807) is 0 Å². The summed E-state index contributed by atoms with van der Waals surface area (Å²) in [6.07, 6.45) is 0. The van der Waals surface area contributed by atoms with E-state index in [0.29, 0.717) is 9.90 Å². The zero-order chi connectivity index (χ0) is 13.6. The Bertz CT molecular complexity index is 732. The second-order valence-electron chi connectivity index (χ2n) is 3.93. The van der Waals surface area contributed by atoms with Crippen LogP contribution in [0.3, 0.4) is 0 Å². The summed E-state index contributed by atoms with van der Waals surface area (Å²) < 4.78 is 12.8. The quantitative estimate of drug-likeness (QED) is 0.681. The maximum absolute atomic E-state index is 12.8. The van der Waals surface area contributed by atoms with Gasteiger partial charge in [0.15, 0.2) is 5.78 Å². The number of carbonyl (C=O) groups excluding carboxylic acids is 2. The third-order valence-corrected chi connectivity index (χ3v) is 4.77. The number of benzene rings is 1. The number of aromatic amines is 1. The molecule has 0 saturated heterocycles. The molecule has 1 N–H and O–H groups in total. The maximum Gasteiger partial charge on any atom is 0.305 e. The molecule has 7 heteroatoms. The summed E-state index contributed by atoms with van der Waals surface area (Å²) in [5, 5.41) is 0.132. The van der Waals surface area contributed by atoms with Crippen molar-refractivity contribution >= 4 is 34.0 Å². The normalized spacial score (nSPS) is 17.5. The first kappa shape index (κ1) is 12.3. The Labute approximate surface area is 114 Å². The van der Waals surface area contributed by atoms with Gasteiger partial charge in [-0.25, -0.2) is 4.39 Å². The van der Waals surface area contributed by atoms with Crippen molar-refractivity contribution < 1.29 is 14.0 Å². The van der Waals surface area contributed by atoms with Crippen molar-refractivity contribution in [1.29, 1.82) is 0 Å². The van der Waals surface area contributed by atoms with E-state index in [4.69, 9.17) is 0 Å². The number of fused-ring (bicyclic) bond motifs is 1. The van der Waals surface area contributed by atoms with Gasteiger partial charge in [0.25, 0.3) is 0 Å². The molecule has 96 valence electrons. The Kier molecular flexibility index (Phi) is 2.87. The predicted octanol–water partition coefficient (Wildman–Crippen LogP) is 2.17. The summed E-state index contributed by atoms with van der Waals surface area (Å²) >= 11 is 1.73. The van der Waals surface area contributed by atoms with Gasteiger partial charge in [-0.05, 0) is 36.0 Å². The van der Waals surface area contributed by atoms with E-state index in [2.05, 4.69) is 4.98 Å². The van der Waals surface area contributed by atoms with Crippen LogP contribution in [0.15, 0.2) is 34.1 Å². The average molecular weight is 295 g/mol. The highest BCUT2D eigenvalue weighted by molar-refractivity contribution is 8.14. The number of carbonyl (C=O) groups is 2. The first-order chi connectivity index (χ1) is 9.06. The maximum atomic E-state index is 12.8. The highest BCUT2D eigenvalue weighted by atomic mass is 32.2. The van der Waals surface area contributed by atoms with Crippen molar-refractivity contribution in [2.45, 2.75) is 10.9 Å². The lowest BCUT2D eigenvalue weighted by atomic mass is 9.98. The van der Waals surface area contributed by atoms with E-state index in [1.165, 1.54) is 24.3 Å². The zero-order valence-corrected chi connectivity index (χ0v) is 10.9.